The fourth-order valence-electron chi connectivity index (χ4n) is 1.12. The highest BCUT2D eigenvalue weighted by molar-refractivity contribution is 5.79. The number of halogens is 2. The number of hydrogen-bond donors (Lipinski definition) is 1. The minimum absolute atomic E-state index is 0.138. The molecule has 1 aromatic carbocycles. The fraction of sp³-hybridized carbons (Fsp3) is 0.300. The molecular weight excluding hydrogens is 222 g/mol. The van der Waals surface area contributed by atoms with Gasteiger partial charge in [-0.1, -0.05) is 0 Å². The second-order valence-electron chi connectivity index (χ2n) is 2.95. The van der Waals surface area contributed by atoms with Crippen LogP contribution in [0.4, 0.5) is 8.78 Å². The first-order chi connectivity index (χ1) is 7.43. The van der Waals surface area contributed by atoms with E-state index in [0.29, 0.717) is 0 Å². The first kappa shape index (κ1) is 12.2. The predicted octanol–water partition coefficient (Wildman–Crippen LogP) is 1.67. The molecule has 0 aromatic heterocycles. The first-order valence-electron chi connectivity index (χ1n) is 4.27. The summed E-state index contributed by atoms with van der Waals surface area (Å²) < 4.78 is 35.4. The molecule has 0 heterocycles. The van der Waals surface area contributed by atoms with Crippen LogP contribution in [0.15, 0.2) is 18.2 Å². The number of esters is 1. The van der Waals surface area contributed by atoms with Gasteiger partial charge in [0.2, 0.25) is 0 Å². The molecule has 0 atom stereocenters. The molecule has 0 bridgehead atoms. The van der Waals surface area contributed by atoms with Crippen molar-refractivity contribution in [1.82, 2.24) is 0 Å². The maximum atomic E-state index is 13.4. The van der Waals surface area contributed by atoms with E-state index in [2.05, 4.69) is 9.47 Å². The van der Waals surface area contributed by atoms with Gasteiger partial charge in [-0.05, 0) is 18.2 Å². The number of benzene rings is 1. The van der Waals surface area contributed by atoms with Gasteiger partial charge in [-0.15, -0.1) is 0 Å². The number of phenolic OH excluding ortho intramolecular Hbond substituents is 1. The van der Waals surface area contributed by atoms with Crippen molar-refractivity contribution in [2.45, 2.75) is 5.92 Å². The summed E-state index contributed by atoms with van der Waals surface area (Å²) in [5.41, 5.74) is -0.603. The van der Waals surface area contributed by atoms with Gasteiger partial charge in [0.15, 0.2) is 11.5 Å². The Kier molecular flexibility index (Phi) is 3.31. The van der Waals surface area contributed by atoms with Crippen LogP contribution in [-0.4, -0.2) is 25.3 Å². The summed E-state index contributed by atoms with van der Waals surface area (Å²) in [6.45, 7) is 0. The lowest BCUT2D eigenvalue weighted by atomic mass is 10.1. The Bertz CT molecular complexity index is 404. The molecule has 0 saturated heterocycles. The van der Waals surface area contributed by atoms with E-state index in [1.807, 2.05) is 0 Å². The van der Waals surface area contributed by atoms with Gasteiger partial charge in [0, 0.05) is 5.56 Å². The molecule has 1 N–H and O–H groups in total. The van der Waals surface area contributed by atoms with Crippen LogP contribution in [0.5, 0.6) is 11.5 Å². The van der Waals surface area contributed by atoms with Gasteiger partial charge < -0.3 is 14.6 Å². The van der Waals surface area contributed by atoms with E-state index in [4.69, 9.17) is 0 Å². The van der Waals surface area contributed by atoms with E-state index in [1.54, 1.807) is 0 Å². The summed E-state index contributed by atoms with van der Waals surface area (Å²) in [7, 11) is 2.09. The van der Waals surface area contributed by atoms with E-state index in [0.717, 1.165) is 25.3 Å². The third-order valence-corrected chi connectivity index (χ3v) is 1.98. The lowest BCUT2D eigenvalue weighted by Crippen LogP contribution is -2.27. The smallest absolute Gasteiger partial charge is 0.381 e. The Morgan fingerprint density at radius 3 is 2.50 bits per heavy atom. The van der Waals surface area contributed by atoms with Crippen molar-refractivity contribution < 1.29 is 28.2 Å². The van der Waals surface area contributed by atoms with Crippen LogP contribution in [0.2, 0.25) is 0 Å². The van der Waals surface area contributed by atoms with Crippen LogP contribution >= 0.6 is 0 Å². The summed E-state index contributed by atoms with van der Waals surface area (Å²) in [5, 5.41) is 9.21. The molecule has 16 heavy (non-hydrogen) atoms. The zero-order valence-electron chi connectivity index (χ0n) is 8.66. The number of carbonyl (C=O) groups is 1. The third-order valence-electron chi connectivity index (χ3n) is 1.98. The van der Waals surface area contributed by atoms with Crippen molar-refractivity contribution >= 4 is 5.97 Å². The number of alkyl halides is 2. The van der Waals surface area contributed by atoms with Crippen molar-refractivity contribution in [3.63, 3.8) is 0 Å². The second-order valence-corrected chi connectivity index (χ2v) is 2.95. The molecule has 0 fully saturated rings. The van der Waals surface area contributed by atoms with Gasteiger partial charge >= 0.3 is 11.9 Å². The van der Waals surface area contributed by atoms with Crippen LogP contribution in [0.25, 0.3) is 0 Å². The summed E-state index contributed by atoms with van der Waals surface area (Å²) in [4.78, 5) is 10.8. The van der Waals surface area contributed by atoms with Gasteiger partial charge in [-0.2, -0.15) is 8.78 Å². The molecule has 1 aromatic rings. The van der Waals surface area contributed by atoms with E-state index in [9.17, 15) is 18.7 Å². The largest absolute Gasteiger partial charge is 0.504 e. The van der Waals surface area contributed by atoms with E-state index >= 15 is 0 Å². The van der Waals surface area contributed by atoms with Crippen LogP contribution in [-0.2, 0) is 15.5 Å². The third kappa shape index (κ3) is 2.05. The van der Waals surface area contributed by atoms with Crippen molar-refractivity contribution in [3.8, 4) is 11.5 Å². The summed E-state index contributed by atoms with van der Waals surface area (Å²) >= 11 is 0. The summed E-state index contributed by atoms with van der Waals surface area (Å²) in [6, 6.07) is 2.83. The molecule has 0 amide bonds. The molecular formula is C10H10F2O4. The van der Waals surface area contributed by atoms with Crippen molar-refractivity contribution in [3.05, 3.63) is 23.8 Å². The minimum atomic E-state index is -3.77. The molecule has 0 aliphatic carbocycles. The zero-order chi connectivity index (χ0) is 12.3. The van der Waals surface area contributed by atoms with Gasteiger partial charge in [0.05, 0.1) is 14.2 Å². The SMILES string of the molecule is COC(=O)C(F)(F)c1ccc(O)c(OC)c1. The van der Waals surface area contributed by atoms with E-state index in [-0.39, 0.29) is 11.5 Å². The number of aromatic hydroxyl groups is 1. The highest BCUT2D eigenvalue weighted by Crippen LogP contribution is 2.35. The highest BCUT2D eigenvalue weighted by Gasteiger charge is 2.42. The normalized spacial score (nSPS) is 11.0. The van der Waals surface area contributed by atoms with E-state index < -0.39 is 17.5 Å². The van der Waals surface area contributed by atoms with Gasteiger partial charge in [0.25, 0.3) is 0 Å². The maximum Gasteiger partial charge on any atom is 0.381 e. The fourth-order valence-corrected chi connectivity index (χ4v) is 1.12. The molecule has 4 nitrogen and oxygen atoms in total. The van der Waals surface area contributed by atoms with Crippen LogP contribution in [0.3, 0.4) is 0 Å². The van der Waals surface area contributed by atoms with Crippen molar-refractivity contribution in [2.24, 2.45) is 0 Å². The average Bonchev–Trinajstić information content (AvgIpc) is 2.28. The molecule has 0 radical (unpaired) electrons. The quantitative estimate of drug-likeness (QED) is 0.805. The molecule has 88 valence electrons. The molecule has 6 heteroatoms. The number of carbonyl (C=O) groups excluding carboxylic acids is 1. The number of phenols is 1. The lowest BCUT2D eigenvalue weighted by molar-refractivity contribution is -0.170. The monoisotopic (exact) mass is 232 g/mol. The highest BCUT2D eigenvalue weighted by atomic mass is 19.3. The number of rotatable bonds is 3. The van der Waals surface area contributed by atoms with Crippen LogP contribution in [0.1, 0.15) is 5.56 Å². The van der Waals surface area contributed by atoms with Gasteiger partial charge in [0.1, 0.15) is 0 Å². The van der Waals surface area contributed by atoms with Crippen molar-refractivity contribution in [1.29, 1.82) is 0 Å². The topological polar surface area (TPSA) is 55.8 Å². The standard InChI is InChI=1S/C10H10F2O4/c1-15-8-5-6(3-4-7(8)13)10(11,12)9(14)16-2/h3-5,13H,1-2H3. The summed E-state index contributed by atoms with van der Waals surface area (Å²) in [5.74, 6) is -5.86. The Morgan fingerprint density at radius 2 is 2.00 bits per heavy atom. The Labute approximate surface area is 90.4 Å². The van der Waals surface area contributed by atoms with Gasteiger partial charge in [-0.25, -0.2) is 4.79 Å². The molecule has 0 unspecified atom stereocenters. The maximum absolute atomic E-state index is 13.4. The number of ether oxygens (including phenoxy) is 2. The molecule has 1 rings (SSSR count). The van der Waals surface area contributed by atoms with Crippen molar-refractivity contribution in [2.75, 3.05) is 14.2 Å². The van der Waals surface area contributed by atoms with Crippen LogP contribution in [0, 0.1) is 0 Å². The van der Waals surface area contributed by atoms with Crippen LogP contribution < -0.4 is 4.74 Å². The number of hydrogen-bond acceptors (Lipinski definition) is 4. The molecule has 0 spiro atoms. The Hall–Kier alpha value is -1.85. The molecule has 0 aliphatic heterocycles. The molecule has 0 aliphatic rings. The molecule has 0 saturated carbocycles. The Morgan fingerprint density at radius 1 is 1.38 bits per heavy atom. The zero-order valence-corrected chi connectivity index (χ0v) is 8.66. The number of methoxy groups -OCH3 is 2. The van der Waals surface area contributed by atoms with E-state index in [1.165, 1.54) is 7.11 Å². The second kappa shape index (κ2) is 4.34. The van der Waals surface area contributed by atoms with Gasteiger partial charge in [-0.3, -0.25) is 0 Å². The minimum Gasteiger partial charge on any atom is -0.504 e. The lowest BCUT2D eigenvalue weighted by Gasteiger charge is -2.15. The Balaban J connectivity index is 3.18. The predicted molar refractivity (Wildman–Crippen MR) is 50.6 cm³/mol. The average molecular weight is 232 g/mol. The first-order valence-corrected chi connectivity index (χ1v) is 4.27. The summed E-state index contributed by atoms with van der Waals surface area (Å²) in [6.07, 6.45) is 0.